The highest BCUT2D eigenvalue weighted by Gasteiger charge is 2.31. The highest BCUT2D eigenvalue weighted by Crippen LogP contribution is 2.36. The van der Waals surface area contributed by atoms with E-state index >= 15 is 0 Å². The largest absolute Gasteiger partial charge is 0.497 e. The maximum Gasteiger partial charge on any atom is 0.416 e. The second-order valence-corrected chi connectivity index (χ2v) is 5.44. The number of hydrogen-bond donors (Lipinski definition) is 1. The summed E-state index contributed by atoms with van der Waals surface area (Å²) in [5, 5.41) is 7.60. The molecular formula is C18H13F4N3O. The SMILES string of the molecule is COc1ccc(-c2cnnc(-c3ccc(C(F)(F)F)cc3F)c2N)cc1. The van der Waals surface area contributed by atoms with Gasteiger partial charge in [-0.25, -0.2) is 4.39 Å². The Morgan fingerprint density at radius 3 is 2.27 bits per heavy atom. The quantitative estimate of drug-likeness (QED) is 0.693. The summed E-state index contributed by atoms with van der Waals surface area (Å²) >= 11 is 0. The standard InChI is InChI=1S/C18H13F4N3O/c1-26-12-5-2-10(3-6-12)14-9-24-25-17(16(14)23)13-7-4-11(8-15(13)19)18(20,21)22/h2-9H,1H3,(H2,23,24). The lowest BCUT2D eigenvalue weighted by molar-refractivity contribution is -0.137. The fourth-order valence-corrected chi connectivity index (χ4v) is 2.48. The Kier molecular flexibility index (Phi) is 4.50. The second-order valence-electron chi connectivity index (χ2n) is 5.44. The van der Waals surface area contributed by atoms with Crippen LogP contribution in [0, 0.1) is 5.82 Å². The molecule has 0 unspecified atom stereocenters. The van der Waals surface area contributed by atoms with Crippen molar-refractivity contribution < 1.29 is 22.3 Å². The number of ether oxygens (including phenoxy) is 1. The first-order valence-corrected chi connectivity index (χ1v) is 7.44. The summed E-state index contributed by atoms with van der Waals surface area (Å²) < 4.78 is 57.4. The van der Waals surface area contributed by atoms with E-state index in [1.54, 1.807) is 24.3 Å². The summed E-state index contributed by atoms with van der Waals surface area (Å²) in [6, 6.07) is 9.09. The van der Waals surface area contributed by atoms with Crippen molar-refractivity contribution in [2.45, 2.75) is 6.18 Å². The molecule has 1 aromatic heterocycles. The molecule has 0 spiro atoms. The van der Waals surface area contributed by atoms with Gasteiger partial charge >= 0.3 is 6.18 Å². The first-order valence-electron chi connectivity index (χ1n) is 7.44. The number of methoxy groups -OCH3 is 1. The first kappa shape index (κ1) is 17.7. The number of benzene rings is 2. The van der Waals surface area contributed by atoms with Crippen LogP contribution in [0.2, 0.25) is 0 Å². The topological polar surface area (TPSA) is 61.0 Å². The van der Waals surface area contributed by atoms with Crippen LogP contribution in [0.1, 0.15) is 5.56 Å². The normalized spacial score (nSPS) is 11.4. The Balaban J connectivity index is 2.07. The third-order valence-corrected chi connectivity index (χ3v) is 3.84. The van der Waals surface area contributed by atoms with Crippen molar-refractivity contribution in [1.82, 2.24) is 10.2 Å². The van der Waals surface area contributed by atoms with Gasteiger partial charge < -0.3 is 10.5 Å². The number of anilines is 1. The molecule has 0 aliphatic heterocycles. The number of rotatable bonds is 3. The average molecular weight is 363 g/mol. The predicted molar refractivity (Wildman–Crippen MR) is 88.8 cm³/mol. The third kappa shape index (κ3) is 3.30. The molecule has 0 bridgehead atoms. The Morgan fingerprint density at radius 1 is 1.00 bits per heavy atom. The molecule has 2 aromatic carbocycles. The van der Waals surface area contributed by atoms with Crippen molar-refractivity contribution in [3.63, 3.8) is 0 Å². The molecule has 1 heterocycles. The van der Waals surface area contributed by atoms with Crippen molar-refractivity contribution in [1.29, 1.82) is 0 Å². The van der Waals surface area contributed by atoms with Gasteiger partial charge in [-0.15, -0.1) is 5.10 Å². The molecule has 3 rings (SSSR count). The zero-order valence-electron chi connectivity index (χ0n) is 13.5. The average Bonchev–Trinajstić information content (AvgIpc) is 2.61. The molecule has 0 saturated heterocycles. The smallest absolute Gasteiger partial charge is 0.416 e. The van der Waals surface area contributed by atoms with Crippen LogP contribution in [0.3, 0.4) is 0 Å². The van der Waals surface area contributed by atoms with Gasteiger partial charge in [0.2, 0.25) is 0 Å². The first-order chi connectivity index (χ1) is 12.3. The van der Waals surface area contributed by atoms with E-state index in [0.717, 1.165) is 12.1 Å². The molecule has 0 amide bonds. The molecule has 3 aromatic rings. The fraction of sp³-hybridized carbons (Fsp3) is 0.111. The maximum atomic E-state index is 14.2. The van der Waals surface area contributed by atoms with Crippen molar-refractivity contribution in [3.8, 4) is 28.1 Å². The summed E-state index contributed by atoms with van der Waals surface area (Å²) in [5.41, 5.74) is 6.11. The molecule has 134 valence electrons. The minimum absolute atomic E-state index is 0.0236. The molecule has 0 aliphatic rings. The molecule has 0 fully saturated rings. The summed E-state index contributed by atoms with van der Waals surface area (Å²) in [4.78, 5) is 0. The lowest BCUT2D eigenvalue weighted by atomic mass is 10.0. The van der Waals surface area contributed by atoms with Crippen LogP contribution in [-0.4, -0.2) is 17.3 Å². The zero-order chi connectivity index (χ0) is 18.9. The minimum Gasteiger partial charge on any atom is -0.497 e. The number of nitrogens with zero attached hydrogens (tertiary/aromatic N) is 2. The molecule has 2 N–H and O–H groups in total. The molecule has 0 aliphatic carbocycles. The van der Waals surface area contributed by atoms with Crippen LogP contribution in [-0.2, 0) is 6.18 Å². The lowest BCUT2D eigenvalue weighted by Crippen LogP contribution is -2.06. The van der Waals surface area contributed by atoms with E-state index in [1.165, 1.54) is 13.3 Å². The van der Waals surface area contributed by atoms with E-state index in [4.69, 9.17) is 10.5 Å². The Morgan fingerprint density at radius 2 is 1.69 bits per heavy atom. The van der Waals surface area contributed by atoms with E-state index in [-0.39, 0.29) is 16.9 Å². The maximum absolute atomic E-state index is 14.2. The van der Waals surface area contributed by atoms with Gasteiger partial charge in [-0.2, -0.15) is 18.3 Å². The predicted octanol–water partition coefficient (Wildman–Crippen LogP) is 4.56. The number of nitrogen functional groups attached to an aromatic ring is 1. The van der Waals surface area contributed by atoms with Crippen LogP contribution in [0.4, 0.5) is 23.2 Å². The van der Waals surface area contributed by atoms with Gasteiger partial charge in [0.15, 0.2) is 0 Å². The molecule has 0 atom stereocenters. The number of nitrogens with two attached hydrogens (primary N) is 1. The van der Waals surface area contributed by atoms with Crippen LogP contribution < -0.4 is 10.5 Å². The van der Waals surface area contributed by atoms with Crippen molar-refractivity contribution >= 4 is 5.69 Å². The molecule has 8 heteroatoms. The number of aromatic nitrogens is 2. The van der Waals surface area contributed by atoms with Gasteiger partial charge in [-0.1, -0.05) is 12.1 Å². The number of alkyl halides is 3. The fourth-order valence-electron chi connectivity index (χ4n) is 2.48. The number of halogens is 4. The van der Waals surface area contributed by atoms with Crippen molar-refractivity contribution in [3.05, 3.63) is 60.0 Å². The summed E-state index contributed by atoms with van der Waals surface area (Å²) in [7, 11) is 1.53. The highest BCUT2D eigenvalue weighted by atomic mass is 19.4. The van der Waals surface area contributed by atoms with Crippen molar-refractivity contribution in [2.75, 3.05) is 12.8 Å². The Bertz CT molecular complexity index is 940. The molecule has 26 heavy (non-hydrogen) atoms. The lowest BCUT2D eigenvalue weighted by Gasteiger charge is -2.12. The van der Waals surface area contributed by atoms with Gasteiger partial charge in [0, 0.05) is 11.1 Å². The van der Waals surface area contributed by atoms with Gasteiger partial charge in [0.25, 0.3) is 0 Å². The van der Waals surface area contributed by atoms with Gasteiger partial charge in [-0.3, -0.25) is 0 Å². The van der Waals surface area contributed by atoms with E-state index in [0.29, 0.717) is 22.9 Å². The zero-order valence-corrected chi connectivity index (χ0v) is 13.5. The highest BCUT2D eigenvalue weighted by molar-refractivity contribution is 5.86. The van der Waals surface area contributed by atoms with Gasteiger partial charge in [-0.05, 0) is 35.9 Å². The summed E-state index contributed by atoms with van der Waals surface area (Å²) in [5.74, 6) is -0.434. The van der Waals surface area contributed by atoms with Gasteiger partial charge in [0.1, 0.15) is 17.3 Å². The molecule has 0 saturated carbocycles. The van der Waals surface area contributed by atoms with Crippen LogP contribution in [0.25, 0.3) is 22.4 Å². The summed E-state index contributed by atoms with van der Waals surface area (Å²) in [6.45, 7) is 0. The Hall–Kier alpha value is -3.16. The minimum atomic E-state index is -4.64. The van der Waals surface area contributed by atoms with E-state index in [2.05, 4.69) is 10.2 Å². The van der Waals surface area contributed by atoms with Crippen LogP contribution >= 0.6 is 0 Å². The van der Waals surface area contributed by atoms with E-state index in [1.807, 2.05) is 0 Å². The van der Waals surface area contributed by atoms with E-state index in [9.17, 15) is 17.6 Å². The number of hydrogen-bond acceptors (Lipinski definition) is 4. The van der Waals surface area contributed by atoms with Crippen molar-refractivity contribution in [2.24, 2.45) is 0 Å². The molecule has 0 radical (unpaired) electrons. The monoisotopic (exact) mass is 363 g/mol. The second kappa shape index (κ2) is 6.62. The molecule has 4 nitrogen and oxygen atoms in total. The third-order valence-electron chi connectivity index (χ3n) is 3.84. The van der Waals surface area contributed by atoms with E-state index < -0.39 is 17.6 Å². The molecular weight excluding hydrogens is 350 g/mol. The summed E-state index contributed by atoms with van der Waals surface area (Å²) in [6.07, 6.45) is -3.23. The van der Waals surface area contributed by atoms with Crippen LogP contribution in [0.5, 0.6) is 5.75 Å². The van der Waals surface area contributed by atoms with Crippen LogP contribution in [0.15, 0.2) is 48.7 Å². The Labute approximate surface area is 146 Å². The van der Waals surface area contributed by atoms with Gasteiger partial charge in [0.05, 0.1) is 24.6 Å².